The Balaban J connectivity index is 1.64. The first-order valence-electron chi connectivity index (χ1n) is 10.8. The van der Waals surface area contributed by atoms with Crippen molar-refractivity contribution in [1.29, 1.82) is 0 Å². The number of carbonyl (C=O) groups is 1. The number of amides is 1. The maximum absolute atomic E-state index is 13.0. The molecule has 1 aromatic rings. The number of fused-ring (bicyclic) bond motifs is 1. The summed E-state index contributed by atoms with van der Waals surface area (Å²) in [4.78, 5) is 35.1. The first-order chi connectivity index (χ1) is 14.3. The van der Waals surface area contributed by atoms with E-state index in [1.54, 1.807) is 18.7 Å². The Hall–Kier alpha value is -1.78. The Kier molecular flexibility index (Phi) is 6.00. The Morgan fingerprint density at radius 2 is 2.00 bits per heavy atom. The molecule has 10 heteroatoms. The molecule has 0 radical (unpaired) electrons. The van der Waals surface area contributed by atoms with Crippen LogP contribution in [0.3, 0.4) is 0 Å². The number of rotatable bonds is 4. The van der Waals surface area contributed by atoms with Gasteiger partial charge in [0.2, 0.25) is 10.0 Å². The second-order valence-electron chi connectivity index (χ2n) is 8.60. The van der Waals surface area contributed by atoms with E-state index in [-0.39, 0.29) is 30.6 Å². The predicted molar refractivity (Wildman–Crippen MR) is 110 cm³/mol. The topological polar surface area (TPSA) is 113 Å². The molecule has 2 saturated heterocycles. The van der Waals surface area contributed by atoms with Crippen LogP contribution in [-0.4, -0.2) is 64.5 Å². The second-order valence-corrected chi connectivity index (χ2v) is 11.1. The standard InChI is InChI=1S/C20H30N4O5S/c1-13(2)30(27,28)23-10-8-14-15(12-23)21-18(22-19(14)25)16-6-3-4-9-24(16)20(26)17-7-5-11-29-17/h13,16-17H,3-12H2,1-2H3,(H,21,22,25)/t16-,17-/m0/s1. The number of sulfonamides is 1. The van der Waals surface area contributed by atoms with Gasteiger partial charge in [-0.15, -0.1) is 0 Å². The summed E-state index contributed by atoms with van der Waals surface area (Å²) in [7, 11) is -3.43. The minimum atomic E-state index is -3.43. The average molecular weight is 439 g/mol. The van der Waals surface area contributed by atoms with Crippen molar-refractivity contribution in [2.45, 2.75) is 76.3 Å². The second kappa shape index (κ2) is 8.39. The Bertz CT molecular complexity index is 968. The van der Waals surface area contributed by atoms with Gasteiger partial charge in [0.15, 0.2) is 0 Å². The summed E-state index contributed by atoms with van der Waals surface area (Å²) in [5.41, 5.74) is 0.813. The van der Waals surface area contributed by atoms with Crippen LogP contribution < -0.4 is 5.56 Å². The van der Waals surface area contributed by atoms with Crippen molar-refractivity contribution in [2.24, 2.45) is 0 Å². The SMILES string of the molecule is CC(C)S(=O)(=O)N1CCc2c(nc([C@@H]3CCCCN3C(=O)[C@@H]3CCCO3)[nH]c2=O)C1. The predicted octanol–water partition coefficient (Wildman–Crippen LogP) is 1.10. The van der Waals surface area contributed by atoms with Crippen LogP contribution in [0.1, 0.15) is 69.1 Å². The van der Waals surface area contributed by atoms with E-state index in [0.717, 1.165) is 25.7 Å². The summed E-state index contributed by atoms with van der Waals surface area (Å²) in [6.07, 6.45) is 4.09. The maximum atomic E-state index is 13.0. The molecule has 2 atom stereocenters. The van der Waals surface area contributed by atoms with Gasteiger partial charge in [-0.05, 0) is 52.4 Å². The number of nitrogens with zero attached hydrogens (tertiary/aromatic N) is 3. The molecule has 3 aliphatic heterocycles. The molecule has 30 heavy (non-hydrogen) atoms. The quantitative estimate of drug-likeness (QED) is 0.753. The number of aromatic amines is 1. The third-order valence-corrected chi connectivity index (χ3v) is 8.54. The largest absolute Gasteiger partial charge is 0.368 e. The highest BCUT2D eigenvalue weighted by Crippen LogP contribution is 2.31. The summed E-state index contributed by atoms with van der Waals surface area (Å²) < 4.78 is 32.2. The molecule has 0 bridgehead atoms. The average Bonchev–Trinajstić information content (AvgIpc) is 3.27. The number of aromatic nitrogens is 2. The number of piperidine rings is 1. The normalized spacial score (nSPS) is 25.5. The van der Waals surface area contributed by atoms with Gasteiger partial charge < -0.3 is 14.6 Å². The fourth-order valence-corrected chi connectivity index (χ4v) is 5.79. The summed E-state index contributed by atoms with van der Waals surface area (Å²) in [6, 6.07) is -0.314. The highest BCUT2D eigenvalue weighted by molar-refractivity contribution is 7.89. The van der Waals surface area contributed by atoms with Crippen molar-refractivity contribution >= 4 is 15.9 Å². The lowest BCUT2D eigenvalue weighted by Gasteiger charge is -2.37. The fraction of sp³-hybridized carbons (Fsp3) is 0.750. The van der Waals surface area contributed by atoms with Gasteiger partial charge in [-0.3, -0.25) is 9.59 Å². The van der Waals surface area contributed by atoms with Gasteiger partial charge in [-0.1, -0.05) is 0 Å². The van der Waals surface area contributed by atoms with Gasteiger partial charge in [0, 0.05) is 25.3 Å². The van der Waals surface area contributed by atoms with Crippen molar-refractivity contribution in [3.63, 3.8) is 0 Å². The zero-order chi connectivity index (χ0) is 21.5. The molecule has 2 fully saturated rings. The minimum Gasteiger partial charge on any atom is -0.368 e. The molecule has 0 aromatic carbocycles. The number of ether oxygens (including phenoxy) is 1. The van der Waals surface area contributed by atoms with Crippen LogP contribution in [-0.2, 0) is 32.5 Å². The molecule has 0 aliphatic carbocycles. The molecule has 166 valence electrons. The summed E-state index contributed by atoms with van der Waals surface area (Å²) >= 11 is 0. The van der Waals surface area contributed by atoms with Gasteiger partial charge in [-0.2, -0.15) is 4.31 Å². The van der Waals surface area contributed by atoms with Gasteiger partial charge in [-0.25, -0.2) is 13.4 Å². The van der Waals surface area contributed by atoms with Crippen molar-refractivity contribution in [3.8, 4) is 0 Å². The third-order valence-electron chi connectivity index (χ3n) is 6.32. The van der Waals surface area contributed by atoms with E-state index >= 15 is 0 Å². The molecular formula is C20H30N4O5S. The smallest absolute Gasteiger partial charge is 0.254 e. The molecule has 3 aliphatic rings. The monoisotopic (exact) mass is 438 g/mol. The van der Waals surface area contributed by atoms with Gasteiger partial charge in [0.1, 0.15) is 11.9 Å². The first-order valence-corrected chi connectivity index (χ1v) is 12.3. The van der Waals surface area contributed by atoms with Crippen LogP contribution in [0.15, 0.2) is 4.79 Å². The van der Waals surface area contributed by atoms with Crippen LogP contribution in [0, 0.1) is 0 Å². The summed E-state index contributed by atoms with van der Waals surface area (Å²) in [5, 5.41) is -0.529. The molecule has 1 amide bonds. The minimum absolute atomic E-state index is 0.0402. The van der Waals surface area contributed by atoms with Gasteiger partial charge in [0.25, 0.3) is 11.5 Å². The number of nitrogens with one attached hydrogen (secondary N) is 1. The van der Waals surface area contributed by atoms with E-state index in [1.807, 2.05) is 0 Å². The Labute approximate surface area is 176 Å². The summed E-state index contributed by atoms with van der Waals surface area (Å²) in [6.45, 7) is 4.89. The fourth-order valence-electron chi connectivity index (χ4n) is 4.55. The lowest BCUT2D eigenvalue weighted by molar-refractivity contribution is -0.145. The van der Waals surface area contributed by atoms with Crippen LogP contribution in [0.5, 0.6) is 0 Å². The number of H-pyrrole nitrogens is 1. The zero-order valence-corrected chi connectivity index (χ0v) is 18.4. The van der Waals surface area contributed by atoms with Crippen LogP contribution in [0.2, 0.25) is 0 Å². The molecule has 0 unspecified atom stereocenters. The molecule has 1 aromatic heterocycles. The third kappa shape index (κ3) is 3.92. The van der Waals surface area contributed by atoms with E-state index in [0.29, 0.717) is 43.1 Å². The maximum Gasteiger partial charge on any atom is 0.254 e. The van der Waals surface area contributed by atoms with Crippen LogP contribution in [0.25, 0.3) is 0 Å². The number of carbonyl (C=O) groups excluding carboxylic acids is 1. The molecule has 4 rings (SSSR count). The summed E-state index contributed by atoms with van der Waals surface area (Å²) in [5.74, 6) is 0.412. The van der Waals surface area contributed by atoms with E-state index in [9.17, 15) is 18.0 Å². The zero-order valence-electron chi connectivity index (χ0n) is 17.6. The van der Waals surface area contributed by atoms with Crippen LogP contribution in [0.4, 0.5) is 0 Å². The van der Waals surface area contributed by atoms with Crippen molar-refractivity contribution < 1.29 is 17.9 Å². The number of hydrogen-bond donors (Lipinski definition) is 1. The molecule has 0 saturated carbocycles. The van der Waals surface area contributed by atoms with Crippen molar-refractivity contribution in [2.75, 3.05) is 19.7 Å². The van der Waals surface area contributed by atoms with E-state index < -0.39 is 21.4 Å². The number of hydrogen-bond acceptors (Lipinski definition) is 6. The van der Waals surface area contributed by atoms with Crippen molar-refractivity contribution in [1.82, 2.24) is 19.2 Å². The lowest BCUT2D eigenvalue weighted by atomic mass is 9.99. The molecular weight excluding hydrogens is 408 g/mol. The van der Waals surface area contributed by atoms with Gasteiger partial charge >= 0.3 is 0 Å². The molecule has 4 heterocycles. The van der Waals surface area contributed by atoms with E-state index in [2.05, 4.69) is 9.97 Å². The van der Waals surface area contributed by atoms with E-state index in [1.165, 1.54) is 4.31 Å². The number of likely N-dealkylation sites (tertiary alicyclic amines) is 1. The van der Waals surface area contributed by atoms with Crippen LogP contribution >= 0.6 is 0 Å². The van der Waals surface area contributed by atoms with Gasteiger partial charge in [0.05, 0.1) is 23.5 Å². The Morgan fingerprint density at radius 3 is 2.70 bits per heavy atom. The Morgan fingerprint density at radius 1 is 1.20 bits per heavy atom. The highest BCUT2D eigenvalue weighted by atomic mass is 32.2. The van der Waals surface area contributed by atoms with Crippen molar-refractivity contribution in [3.05, 3.63) is 27.4 Å². The molecule has 9 nitrogen and oxygen atoms in total. The molecule has 0 spiro atoms. The molecule has 1 N–H and O–H groups in total. The first kappa shape index (κ1) is 21.5. The van der Waals surface area contributed by atoms with E-state index in [4.69, 9.17) is 4.74 Å². The highest BCUT2D eigenvalue weighted by Gasteiger charge is 2.37. The lowest BCUT2D eigenvalue weighted by Crippen LogP contribution is -2.46.